The molecule has 1 fully saturated rings. The number of nitrogens with one attached hydrogen (secondary N) is 3. The Morgan fingerprint density at radius 3 is 2.94 bits per heavy atom. The number of ether oxygens (including phenoxy) is 1. The molecule has 0 radical (unpaired) electrons. The third-order valence-corrected chi connectivity index (χ3v) is 5.78. The fourth-order valence-electron chi connectivity index (χ4n) is 4.08. The molecule has 4 heterocycles. The Kier molecular flexibility index (Phi) is 6.70. The summed E-state index contributed by atoms with van der Waals surface area (Å²) in [6.45, 7) is 4.23. The van der Waals surface area contributed by atoms with Gasteiger partial charge in [-0.05, 0) is 24.1 Å². The molecule has 0 bridgehead atoms. The number of rotatable bonds is 9. The lowest BCUT2D eigenvalue weighted by Gasteiger charge is -2.29. The normalized spacial score (nSPS) is 13.8. The molecule has 1 saturated heterocycles. The van der Waals surface area contributed by atoms with Crippen molar-refractivity contribution >= 4 is 34.4 Å². The lowest BCUT2D eigenvalue weighted by molar-refractivity contribution is 0.122. The van der Waals surface area contributed by atoms with Gasteiger partial charge in [0, 0.05) is 44.5 Å². The van der Waals surface area contributed by atoms with E-state index in [0.717, 1.165) is 48.6 Å². The predicted molar refractivity (Wildman–Crippen MR) is 130 cm³/mol. The van der Waals surface area contributed by atoms with Crippen LogP contribution in [0.15, 0.2) is 42.9 Å². The second-order valence-corrected chi connectivity index (χ2v) is 8.27. The summed E-state index contributed by atoms with van der Waals surface area (Å²) >= 11 is 0. The molecule has 0 saturated carbocycles. The summed E-state index contributed by atoms with van der Waals surface area (Å²) in [4.78, 5) is 22.2. The minimum Gasteiger partial charge on any atom is -0.465 e. The molecule has 1 aliphatic rings. The van der Waals surface area contributed by atoms with Crippen molar-refractivity contribution in [1.29, 1.82) is 0 Å². The molecule has 3 aromatic heterocycles. The highest BCUT2D eigenvalue weighted by Crippen LogP contribution is 2.23. The van der Waals surface area contributed by atoms with Crippen LogP contribution in [0.1, 0.15) is 17.7 Å². The Bertz CT molecular complexity index is 1300. The molecule has 4 N–H and O–H groups in total. The maximum Gasteiger partial charge on any atom is 0.404 e. The number of fused-ring (bicyclic) bond motifs is 1. The zero-order valence-electron chi connectivity index (χ0n) is 19.1. The molecule has 0 atom stereocenters. The van der Waals surface area contributed by atoms with Gasteiger partial charge >= 0.3 is 6.09 Å². The first-order valence-electron chi connectivity index (χ1n) is 11.5. The number of carboxylic acid groups (broad SMARTS) is 1. The number of hydrogen-bond donors (Lipinski definition) is 4. The van der Waals surface area contributed by atoms with Crippen molar-refractivity contribution in [3.8, 4) is 0 Å². The van der Waals surface area contributed by atoms with Gasteiger partial charge in [-0.1, -0.05) is 12.1 Å². The molecule has 12 heteroatoms. The van der Waals surface area contributed by atoms with Crippen molar-refractivity contribution in [2.45, 2.75) is 19.4 Å². The van der Waals surface area contributed by atoms with Crippen LogP contribution in [0.5, 0.6) is 0 Å². The van der Waals surface area contributed by atoms with Gasteiger partial charge in [0.05, 0.1) is 42.4 Å². The molecule has 1 aromatic carbocycles. The highest BCUT2D eigenvalue weighted by molar-refractivity contribution is 5.78. The van der Waals surface area contributed by atoms with Crippen LogP contribution < -0.4 is 15.5 Å². The van der Waals surface area contributed by atoms with Gasteiger partial charge in [-0.25, -0.2) is 9.78 Å². The molecule has 182 valence electrons. The van der Waals surface area contributed by atoms with Crippen LogP contribution in [-0.4, -0.2) is 74.0 Å². The molecule has 0 spiro atoms. The van der Waals surface area contributed by atoms with Crippen LogP contribution >= 0.6 is 0 Å². The standard InChI is InChI=1S/C23H27N9O3/c33-23(34)24-5-2-6-32-15-17(13-26-32)27-22-28-20(19-14-25-30-21(19)29-22)12-16-3-1-4-18(11-16)31-7-9-35-10-8-31/h1,3-4,11,13-15,24H,2,5-10,12H2,(H,33,34)(H2,25,27,28,29,30). The molecule has 4 aromatic rings. The predicted octanol–water partition coefficient (Wildman–Crippen LogP) is 2.38. The highest BCUT2D eigenvalue weighted by atomic mass is 16.5. The summed E-state index contributed by atoms with van der Waals surface area (Å²) in [5.74, 6) is 0.452. The van der Waals surface area contributed by atoms with E-state index in [-0.39, 0.29) is 0 Å². The van der Waals surface area contributed by atoms with Gasteiger partial charge in [-0.3, -0.25) is 9.78 Å². The molecule has 5 rings (SSSR count). The quantitative estimate of drug-likeness (QED) is 0.267. The number of benzene rings is 1. The number of aromatic nitrogens is 6. The summed E-state index contributed by atoms with van der Waals surface area (Å²) in [5.41, 5.74) is 4.62. The van der Waals surface area contributed by atoms with E-state index in [1.54, 1.807) is 17.1 Å². The van der Waals surface area contributed by atoms with Gasteiger partial charge in [0.1, 0.15) is 0 Å². The number of hydrogen-bond acceptors (Lipinski definition) is 8. The second kappa shape index (κ2) is 10.4. The lowest BCUT2D eigenvalue weighted by Crippen LogP contribution is -2.36. The maximum absolute atomic E-state index is 10.6. The fraction of sp³-hybridized carbons (Fsp3) is 0.348. The molecule has 0 aliphatic carbocycles. The Balaban J connectivity index is 1.30. The van der Waals surface area contributed by atoms with Crippen LogP contribution in [0.3, 0.4) is 0 Å². The van der Waals surface area contributed by atoms with Crippen LogP contribution in [0.4, 0.5) is 22.1 Å². The van der Waals surface area contributed by atoms with Gasteiger partial charge in [0.15, 0.2) is 5.65 Å². The van der Waals surface area contributed by atoms with Crippen LogP contribution in [-0.2, 0) is 17.7 Å². The summed E-state index contributed by atoms with van der Waals surface area (Å²) in [6.07, 6.45) is 5.54. The highest BCUT2D eigenvalue weighted by Gasteiger charge is 2.14. The first-order valence-corrected chi connectivity index (χ1v) is 11.5. The van der Waals surface area contributed by atoms with Gasteiger partial charge in [-0.15, -0.1) is 0 Å². The van der Waals surface area contributed by atoms with E-state index in [1.165, 1.54) is 5.69 Å². The topological polar surface area (TPSA) is 146 Å². The first kappa shape index (κ1) is 22.6. The van der Waals surface area contributed by atoms with Crippen LogP contribution in [0.25, 0.3) is 11.0 Å². The number of H-pyrrole nitrogens is 1. The molecule has 1 aliphatic heterocycles. The van der Waals surface area contributed by atoms with E-state index in [9.17, 15) is 4.79 Å². The third kappa shape index (κ3) is 5.66. The average molecular weight is 478 g/mol. The molecule has 1 amide bonds. The molecule has 0 unspecified atom stereocenters. The van der Waals surface area contributed by atoms with E-state index < -0.39 is 6.09 Å². The zero-order valence-corrected chi connectivity index (χ0v) is 19.1. The SMILES string of the molecule is O=C(O)NCCCn1cc(Nc2nc(Cc3cccc(N4CCOCC4)c3)c3cn[nH]c3n2)cn1. The lowest BCUT2D eigenvalue weighted by atomic mass is 10.1. The summed E-state index contributed by atoms with van der Waals surface area (Å²) in [5, 5.41) is 26.5. The second-order valence-electron chi connectivity index (χ2n) is 8.27. The van der Waals surface area contributed by atoms with E-state index in [4.69, 9.17) is 14.8 Å². The summed E-state index contributed by atoms with van der Waals surface area (Å²) < 4.78 is 7.23. The number of morpholine rings is 1. The number of aryl methyl sites for hydroxylation is 1. The average Bonchev–Trinajstić information content (AvgIpc) is 3.52. The number of anilines is 3. The minimum atomic E-state index is -1.03. The Morgan fingerprint density at radius 1 is 1.20 bits per heavy atom. The van der Waals surface area contributed by atoms with E-state index in [0.29, 0.717) is 37.5 Å². The molecule has 35 heavy (non-hydrogen) atoms. The number of aromatic amines is 1. The largest absolute Gasteiger partial charge is 0.465 e. The van der Waals surface area contributed by atoms with Crippen molar-refractivity contribution in [3.05, 3.63) is 54.1 Å². The van der Waals surface area contributed by atoms with Crippen molar-refractivity contribution in [2.24, 2.45) is 0 Å². The Labute approximate surface area is 201 Å². The van der Waals surface area contributed by atoms with E-state index in [1.807, 2.05) is 6.20 Å². The maximum atomic E-state index is 10.6. The number of nitrogens with zero attached hydrogens (tertiary/aromatic N) is 6. The zero-order chi connectivity index (χ0) is 24.0. The van der Waals surface area contributed by atoms with E-state index in [2.05, 4.69) is 60.1 Å². The monoisotopic (exact) mass is 477 g/mol. The number of amides is 1. The molecule has 12 nitrogen and oxygen atoms in total. The Hall–Kier alpha value is -4.19. The molecular formula is C23H27N9O3. The van der Waals surface area contributed by atoms with Crippen molar-refractivity contribution in [3.63, 3.8) is 0 Å². The summed E-state index contributed by atoms with van der Waals surface area (Å²) in [7, 11) is 0. The van der Waals surface area contributed by atoms with Gasteiger partial charge in [0.2, 0.25) is 5.95 Å². The van der Waals surface area contributed by atoms with Crippen molar-refractivity contribution < 1.29 is 14.6 Å². The minimum absolute atomic E-state index is 0.369. The molecular weight excluding hydrogens is 450 g/mol. The van der Waals surface area contributed by atoms with Gasteiger partial charge in [-0.2, -0.15) is 15.2 Å². The van der Waals surface area contributed by atoms with Crippen molar-refractivity contribution in [2.75, 3.05) is 43.1 Å². The smallest absolute Gasteiger partial charge is 0.404 e. The van der Waals surface area contributed by atoms with E-state index >= 15 is 0 Å². The van der Waals surface area contributed by atoms with Crippen LogP contribution in [0, 0.1) is 0 Å². The fourth-order valence-corrected chi connectivity index (χ4v) is 4.08. The van der Waals surface area contributed by atoms with Gasteiger partial charge < -0.3 is 25.4 Å². The number of carbonyl (C=O) groups is 1. The van der Waals surface area contributed by atoms with Crippen molar-refractivity contribution in [1.82, 2.24) is 35.3 Å². The van der Waals surface area contributed by atoms with Crippen LogP contribution in [0.2, 0.25) is 0 Å². The Morgan fingerprint density at radius 2 is 2.09 bits per heavy atom. The third-order valence-electron chi connectivity index (χ3n) is 5.78. The van der Waals surface area contributed by atoms with Gasteiger partial charge in [0.25, 0.3) is 0 Å². The first-order chi connectivity index (χ1) is 17.1. The summed E-state index contributed by atoms with van der Waals surface area (Å²) in [6, 6.07) is 8.52.